The number of carbonyl (C=O) groups is 1. The Labute approximate surface area is 201 Å². The van der Waals surface area contributed by atoms with Gasteiger partial charge in [0.25, 0.3) is 0 Å². The molecule has 0 unspecified atom stereocenters. The minimum absolute atomic E-state index is 0.0940. The molecule has 0 aromatic carbocycles. The molecule has 0 aliphatic heterocycles. The lowest BCUT2D eigenvalue weighted by Crippen LogP contribution is -2.69. The molecule has 0 amide bonds. The number of fused-ring (bicyclic) bond motifs is 7. The summed E-state index contributed by atoms with van der Waals surface area (Å²) in [5, 5.41) is 22.0. The van der Waals surface area contributed by atoms with Crippen LogP contribution in [-0.2, 0) is 4.79 Å². The summed E-state index contributed by atoms with van der Waals surface area (Å²) >= 11 is 0. The van der Waals surface area contributed by atoms with Gasteiger partial charge in [0, 0.05) is 0 Å². The Morgan fingerprint density at radius 3 is 2.18 bits per heavy atom. The number of carboxylic acids is 1. The van der Waals surface area contributed by atoms with Crippen LogP contribution in [0.4, 0.5) is 0 Å². The number of allylic oxidation sites excluding steroid dienone is 1. The van der Waals surface area contributed by atoms with Crippen molar-refractivity contribution < 1.29 is 15.0 Å². The summed E-state index contributed by atoms with van der Waals surface area (Å²) in [7, 11) is 0. The fourth-order valence-corrected chi connectivity index (χ4v) is 11.6. The summed E-state index contributed by atoms with van der Waals surface area (Å²) < 4.78 is 0. The van der Waals surface area contributed by atoms with Gasteiger partial charge in [-0.3, -0.25) is 4.79 Å². The van der Waals surface area contributed by atoms with E-state index < -0.39 is 11.4 Å². The molecule has 10 atom stereocenters. The topological polar surface area (TPSA) is 57.5 Å². The van der Waals surface area contributed by atoms with Crippen molar-refractivity contribution in [3.05, 3.63) is 12.2 Å². The molecule has 5 aliphatic carbocycles. The average molecular weight is 457 g/mol. The molecule has 0 aromatic heterocycles. The molecule has 5 saturated carbocycles. The van der Waals surface area contributed by atoms with Crippen LogP contribution in [0.25, 0.3) is 0 Å². The van der Waals surface area contributed by atoms with E-state index in [1.165, 1.54) is 18.4 Å². The fraction of sp³-hybridized carbons (Fsp3) is 0.900. The van der Waals surface area contributed by atoms with E-state index in [2.05, 4.69) is 48.1 Å². The highest BCUT2D eigenvalue weighted by atomic mass is 16.4. The second-order valence-electron chi connectivity index (χ2n) is 14.6. The van der Waals surface area contributed by atoms with Gasteiger partial charge in [0.2, 0.25) is 0 Å². The molecule has 3 heteroatoms. The summed E-state index contributed by atoms with van der Waals surface area (Å²) in [5.41, 5.74) is 0.780. The van der Waals surface area contributed by atoms with Crippen molar-refractivity contribution in [1.29, 1.82) is 0 Å². The van der Waals surface area contributed by atoms with Crippen LogP contribution in [0.15, 0.2) is 12.2 Å². The van der Waals surface area contributed by atoms with E-state index in [0.717, 1.165) is 51.4 Å². The van der Waals surface area contributed by atoms with Gasteiger partial charge in [-0.2, -0.15) is 0 Å². The molecule has 0 saturated heterocycles. The van der Waals surface area contributed by atoms with Crippen molar-refractivity contribution in [1.82, 2.24) is 0 Å². The van der Waals surface area contributed by atoms with Crippen molar-refractivity contribution in [3.8, 4) is 0 Å². The highest BCUT2D eigenvalue weighted by Gasteiger charge is 2.74. The van der Waals surface area contributed by atoms with Crippen molar-refractivity contribution in [2.45, 2.75) is 112 Å². The Hall–Kier alpha value is -0.830. The minimum Gasteiger partial charge on any atom is -0.481 e. The van der Waals surface area contributed by atoms with Gasteiger partial charge in [0.05, 0.1) is 11.5 Å². The first-order valence-electron chi connectivity index (χ1n) is 13.8. The van der Waals surface area contributed by atoms with Crippen LogP contribution < -0.4 is 0 Å². The average Bonchev–Trinajstić information content (AvgIpc) is 3.08. The molecular formula is C30H48O3. The zero-order chi connectivity index (χ0) is 24.2. The zero-order valence-corrected chi connectivity index (χ0v) is 22.0. The number of aliphatic carboxylic acids is 1. The van der Waals surface area contributed by atoms with Crippen LogP contribution in [-0.4, -0.2) is 22.3 Å². The van der Waals surface area contributed by atoms with Gasteiger partial charge in [-0.05, 0) is 122 Å². The molecule has 0 radical (unpaired) electrons. The summed E-state index contributed by atoms with van der Waals surface area (Å²) in [6.45, 7) is 18.4. The van der Waals surface area contributed by atoms with E-state index >= 15 is 0 Å². The van der Waals surface area contributed by atoms with Crippen LogP contribution >= 0.6 is 0 Å². The Kier molecular flexibility index (Phi) is 5.15. The first kappa shape index (κ1) is 23.9. The Morgan fingerprint density at radius 1 is 0.848 bits per heavy atom. The Morgan fingerprint density at radius 2 is 1.55 bits per heavy atom. The predicted molar refractivity (Wildman–Crippen MR) is 133 cm³/mol. The summed E-state index contributed by atoms with van der Waals surface area (Å²) in [6.07, 6.45) is 10.2. The van der Waals surface area contributed by atoms with Gasteiger partial charge in [0.1, 0.15) is 0 Å². The third-order valence-electron chi connectivity index (χ3n) is 13.2. The number of carboxylic acid groups (broad SMARTS) is 1. The highest BCUT2D eigenvalue weighted by Crippen LogP contribution is 2.77. The minimum atomic E-state index is -0.619. The quantitative estimate of drug-likeness (QED) is 0.436. The van der Waals surface area contributed by atoms with E-state index in [1.54, 1.807) is 0 Å². The molecule has 5 rings (SSSR count). The van der Waals surface area contributed by atoms with Crippen LogP contribution in [0.2, 0.25) is 0 Å². The Bertz CT molecular complexity index is 861. The SMILES string of the molecule is C=C(C)[C@@H]1CC[C@]2(C)CC[C@]3(C(=O)O)[C@H](CC[C@H]4[C@@]5(C)CC[C@H](O)C(C)(C)[C@@H]5CC[C@]43C)[C@@H]12. The highest BCUT2D eigenvalue weighted by molar-refractivity contribution is 5.77. The van der Waals surface area contributed by atoms with Crippen molar-refractivity contribution in [3.63, 3.8) is 0 Å². The van der Waals surface area contributed by atoms with Crippen LogP contribution in [0.1, 0.15) is 106 Å². The first-order chi connectivity index (χ1) is 15.3. The van der Waals surface area contributed by atoms with E-state index in [4.69, 9.17) is 0 Å². The second-order valence-corrected chi connectivity index (χ2v) is 14.6. The van der Waals surface area contributed by atoms with Crippen LogP contribution in [0.3, 0.4) is 0 Å². The largest absolute Gasteiger partial charge is 0.481 e. The smallest absolute Gasteiger partial charge is 0.310 e. The molecule has 0 aromatic rings. The molecule has 5 aliphatic rings. The number of aliphatic hydroxyl groups is 1. The monoisotopic (exact) mass is 456 g/mol. The number of hydrogen-bond donors (Lipinski definition) is 2. The van der Waals surface area contributed by atoms with Crippen molar-refractivity contribution in [2.24, 2.45) is 56.7 Å². The lowest BCUT2D eigenvalue weighted by Gasteiger charge is -2.72. The van der Waals surface area contributed by atoms with Gasteiger partial charge in [-0.15, -0.1) is 0 Å². The predicted octanol–water partition coefficient (Wildman–Crippen LogP) is 7.09. The van der Waals surface area contributed by atoms with E-state index in [1.807, 2.05) is 0 Å². The van der Waals surface area contributed by atoms with Gasteiger partial charge in [-0.1, -0.05) is 46.8 Å². The maximum Gasteiger partial charge on any atom is 0.310 e. The molecule has 33 heavy (non-hydrogen) atoms. The Balaban J connectivity index is 1.62. The molecule has 0 spiro atoms. The maximum atomic E-state index is 13.5. The van der Waals surface area contributed by atoms with Crippen LogP contribution in [0, 0.1) is 56.7 Å². The molecule has 0 bridgehead atoms. The molecule has 186 valence electrons. The van der Waals surface area contributed by atoms with Gasteiger partial charge in [-0.25, -0.2) is 0 Å². The third kappa shape index (κ3) is 2.75. The first-order valence-corrected chi connectivity index (χ1v) is 13.8. The lowest BCUT2D eigenvalue weighted by atomic mass is 9.32. The third-order valence-corrected chi connectivity index (χ3v) is 13.2. The molecule has 3 nitrogen and oxygen atoms in total. The second kappa shape index (κ2) is 7.11. The molecule has 0 heterocycles. The summed E-state index contributed by atoms with van der Waals surface area (Å²) in [5.74, 6) is 1.60. The number of rotatable bonds is 2. The number of hydrogen-bond acceptors (Lipinski definition) is 2. The standard InChI is InChI=1S/C30H48O3/c1-18(2)19-10-13-27(5)16-17-30(25(32)33)20(24(19)27)8-9-22-28(6)14-12-23(31)26(3,4)21(28)11-15-29(22,30)7/h19-24,31H,1,8-17H2,2-7H3,(H,32,33)/t19-,20+,21-,22-,23-,24+,27+,28-,29+,30+/m0/s1. The molecule has 5 fully saturated rings. The van der Waals surface area contributed by atoms with Crippen LogP contribution in [0.5, 0.6) is 0 Å². The summed E-state index contributed by atoms with van der Waals surface area (Å²) in [6, 6.07) is 0. The summed E-state index contributed by atoms with van der Waals surface area (Å²) in [4.78, 5) is 13.5. The van der Waals surface area contributed by atoms with Gasteiger partial charge < -0.3 is 10.2 Å². The van der Waals surface area contributed by atoms with Gasteiger partial charge in [0.15, 0.2) is 0 Å². The van der Waals surface area contributed by atoms with E-state index in [-0.39, 0.29) is 33.7 Å². The van der Waals surface area contributed by atoms with Gasteiger partial charge >= 0.3 is 5.97 Å². The van der Waals surface area contributed by atoms with E-state index in [0.29, 0.717) is 23.7 Å². The van der Waals surface area contributed by atoms with Crippen molar-refractivity contribution in [2.75, 3.05) is 0 Å². The van der Waals surface area contributed by atoms with Crippen molar-refractivity contribution >= 4 is 5.97 Å². The maximum absolute atomic E-state index is 13.5. The lowest BCUT2D eigenvalue weighted by molar-refractivity contribution is -0.253. The number of aliphatic hydroxyl groups excluding tert-OH is 1. The molecule has 2 N–H and O–H groups in total. The molecular weight excluding hydrogens is 408 g/mol. The fourth-order valence-electron chi connectivity index (χ4n) is 11.6. The zero-order valence-electron chi connectivity index (χ0n) is 22.0. The normalized spacial score (nSPS) is 55.0. The van der Waals surface area contributed by atoms with E-state index in [9.17, 15) is 15.0 Å².